The third kappa shape index (κ3) is 0.926. The monoisotopic (exact) mass is 140 g/mol. The van der Waals surface area contributed by atoms with E-state index in [1.165, 1.54) is 6.42 Å². The molecule has 2 nitrogen and oxygen atoms in total. The molecule has 0 aromatic heterocycles. The second-order valence-electron chi connectivity index (χ2n) is 2.94. The van der Waals surface area contributed by atoms with Gasteiger partial charge in [0.2, 0.25) is 0 Å². The van der Waals surface area contributed by atoms with Gasteiger partial charge in [0.1, 0.15) is 0 Å². The maximum atomic E-state index is 5.27. The highest BCUT2D eigenvalue weighted by atomic mass is 16.6. The van der Waals surface area contributed by atoms with E-state index >= 15 is 0 Å². The molecule has 2 rings (SSSR count). The number of ether oxygens (including phenoxy) is 2. The molecule has 0 radical (unpaired) electrons. The van der Waals surface area contributed by atoms with E-state index in [1.54, 1.807) is 6.26 Å². The first-order valence-corrected chi connectivity index (χ1v) is 3.80. The minimum atomic E-state index is 0.560. The zero-order chi connectivity index (χ0) is 6.97. The fourth-order valence-corrected chi connectivity index (χ4v) is 1.44. The number of fused-ring (bicyclic) bond motifs is 1. The molecule has 10 heavy (non-hydrogen) atoms. The Bertz CT molecular complexity index is 153. The van der Waals surface area contributed by atoms with Crippen LogP contribution in [0.1, 0.15) is 13.3 Å². The second-order valence-corrected chi connectivity index (χ2v) is 2.94. The lowest BCUT2D eigenvalue weighted by Gasteiger charge is -2.18. The van der Waals surface area contributed by atoms with E-state index in [0.29, 0.717) is 18.1 Å². The summed E-state index contributed by atoms with van der Waals surface area (Å²) in [6, 6.07) is 0. The highest BCUT2D eigenvalue weighted by Crippen LogP contribution is 2.46. The van der Waals surface area contributed by atoms with E-state index in [4.69, 9.17) is 9.47 Å². The van der Waals surface area contributed by atoms with Gasteiger partial charge in [0, 0.05) is 5.92 Å². The number of epoxide rings is 1. The van der Waals surface area contributed by atoms with Gasteiger partial charge in [0.15, 0.2) is 0 Å². The first-order chi connectivity index (χ1) is 4.92. The highest BCUT2D eigenvalue weighted by molar-refractivity contribution is 5.02. The van der Waals surface area contributed by atoms with Crippen LogP contribution in [-0.4, -0.2) is 18.8 Å². The minimum Gasteiger partial charge on any atom is -0.501 e. The summed E-state index contributed by atoms with van der Waals surface area (Å²) in [7, 11) is 0. The average Bonchev–Trinajstić information content (AvgIpc) is 2.54. The van der Waals surface area contributed by atoms with Crippen molar-refractivity contribution in [3.05, 3.63) is 12.3 Å². The zero-order valence-corrected chi connectivity index (χ0v) is 6.12. The predicted octanol–water partition coefficient (Wildman–Crippen LogP) is 1.32. The molecule has 2 aliphatic rings. The molecule has 0 bridgehead atoms. The summed E-state index contributed by atoms with van der Waals surface area (Å²) < 4.78 is 10.5. The molecule has 0 spiro atoms. The minimum absolute atomic E-state index is 0.560. The highest BCUT2D eigenvalue weighted by Gasteiger charge is 2.55. The van der Waals surface area contributed by atoms with Crippen LogP contribution in [0.4, 0.5) is 0 Å². The summed E-state index contributed by atoms with van der Waals surface area (Å²) >= 11 is 0. The van der Waals surface area contributed by atoms with E-state index in [-0.39, 0.29) is 0 Å². The summed E-state index contributed by atoms with van der Waals surface area (Å²) in [5.41, 5.74) is 0. The van der Waals surface area contributed by atoms with Gasteiger partial charge in [-0.1, -0.05) is 6.08 Å². The van der Waals surface area contributed by atoms with E-state index < -0.39 is 0 Å². The molecule has 3 unspecified atom stereocenters. The summed E-state index contributed by atoms with van der Waals surface area (Å²) in [4.78, 5) is 0. The molecule has 1 saturated heterocycles. The molecule has 0 amide bonds. The topological polar surface area (TPSA) is 21.8 Å². The first-order valence-electron chi connectivity index (χ1n) is 3.80. The molecule has 2 fully saturated rings. The van der Waals surface area contributed by atoms with Gasteiger partial charge in [-0.3, -0.25) is 0 Å². The summed E-state index contributed by atoms with van der Waals surface area (Å²) in [5, 5.41) is 0. The molecule has 56 valence electrons. The van der Waals surface area contributed by atoms with Crippen molar-refractivity contribution in [2.45, 2.75) is 25.6 Å². The maximum Gasteiger partial charge on any atom is 0.0928 e. The number of hydrogen-bond acceptors (Lipinski definition) is 2. The number of rotatable bonds is 3. The Hall–Kier alpha value is -0.500. The fourth-order valence-electron chi connectivity index (χ4n) is 1.44. The standard InChI is InChI=1S/C8H12O2/c1-2-3-9-5-6-4-7-8(6)10-7/h2-3,6-8H,4-5H2,1H3. The van der Waals surface area contributed by atoms with Gasteiger partial charge in [-0.2, -0.15) is 0 Å². The third-order valence-electron chi connectivity index (χ3n) is 2.16. The van der Waals surface area contributed by atoms with Crippen molar-refractivity contribution in [3.8, 4) is 0 Å². The van der Waals surface area contributed by atoms with Crippen molar-refractivity contribution in [2.24, 2.45) is 5.92 Å². The molecule has 3 atom stereocenters. The van der Waals surface area contributed by atoms with E-state index in [0.717, 1.165) is 6.61 Å². The average molecular weight is 140 g/mol. The van der Waals surface area contributed by atoms with Gasteiger partial charge < -0.3 is 9.47 Å². The van der Waals surface area contributed by atoms with Crippen LogP contribution >= 0.6 is 0 Å². The van der Waals surface area contributed by atoms with Crippen LogP contribution in [0.15, 0.2) is 12.3 Å². The van der Waals surface area contributed by atoms with Crippen LogP contribution in [0.5, 0.6) is 0 Å². The van der Waals surface area contributed by atoms with Gasteiger partial charge in [0.25, 0.3) is 0 Å². The lowest BCUT2D eigenvalue weighted by molar-refractivity contribution is 0.160. The molecule has 1 aliphatic heterocycles. The number of hydrogen-bond donors (Lipinski definition) is 0. The smallest absolute Gasteiger partial charge is 0.0928 e. The Labute approximate surface area is 60.8 Å². The van der Waals surface area contributed by atoms with Crippen molar-refractivity contribution in [1.29, 1.82) is 0 Å². The quantitative estimate of drug-likeness (QED) is 0.435. The van der Waals surface area contributed by atoms with Gasteiger partial charge in [-0.25, -0.2) is 0 Å². The second kappa shape index (κ2) is 2.27. The molecular weight excluding hydrogens is 128 g/mol. The predicted molar refractivity (Wildman–Crippen MR) is 37.5 cm³/mol. The molecule has 0 N–H and O–H groups in total. The molecule has 1 aliphatic carbocycles. The van der Waals surface area contributed by atoms with Gasteiger partial charge in [-0.05, 0) is 13.3 Å². The van der Waals surface area contributed by atoms with Crippen LogP contribution in [-0.2, 0) is 9.47 Å². The van der Waals surface area contributed by atoms with Gasteiger partial charge in [-0.15, -0.1) is 0 Å². The van der Waals surface area contributed by atoms with Crippen LogP contribution < -0.4 is 0 Å². The molecule has 0 aromatic carbocycles. The maximum absolute atomic E-state index is 5.27. The summed E-state index contributed by atoms with van der Waals surface area (Å²) in [6.45, 7) is 2.79. The normalized spacial score (nSPS) is 42.7. The Morgan fingerprint density at radius 3 is 3.10 bits per heavy atom. The summed E-state index contributed by atoms with van der Waals surface area (Å²) in [5.74, 6) is 0.682. The van der Waals surface area contributed by atoms with E-state index in [1.807, 2.05) is 13.0 Å². The Kier molecular flexibility index (Phi) is 1.42. The molecule has 2 heteroatoms. The van der Waals surface area contributed by atoms with Gasteiger partial charge in [0.05, 0.1) is 25.1 Å². The van der Waals surface area contributed by atoms with Crippen molar-refractivity contribution in [2.75, 3.05) is 6.61 Å². The van der Waals surface area contributed by atoms with Crippen LogP contribution in [0.2, 0.25) is 0 Å². The Balaban J connectivity index is 1.62. The van der Waals surface area contributed by atoms with Crippen LogP contribution in [0, 0.1) is 5.92 Å². The van der Waals surface area contributed by atoms with Gasteiger partial charge >= 0.3 is 0 Å². The van der Waals surface area contributed by atoms with E-state index in [2.05, 4.69) is 0 Å². The lowest BCUT2D eigenvalue weighted by Crippen LogP contribution is -2.27. The molecule has 1 saturated carbocycles. The first kappa shape index (κ1) is 6.23. The SMILES string of the molecule is CC=COCC1CC2OC12. The molecular formula is C8H12O2. The Morgan fingerprint density at radius 1 is 1.70 bits per heavy atom. The number of allylic oxidation sites excluding steroid dienone is 1. The van der Waals surface area contributed by atoms with Crippen molar-refractivity contribution in [3.63, 3.8) is 0 Å². The van der Waals surface area contributed by atoms with Crippen LogP contribution in [0.3, 0.4) is 0 Å². The fraction of sp³-hybridized carbons (Fsp3) is 0.750. The lowest BCUT2D eigenvalue weighted by atomic mass is 9.86. The largest absolute Gasteiger partial charge is 0.501 e. The van der Waals surface area contributed by atoms with Crippen molar-refractivity contribution < 1.29 is 9.47 Å². The van der Waals surface area contributed by atoms with E-state index in [9.17, 15) is 0 Å². The zero-order valence-electron chi connectivity index (χ0n) is 6.12. The van der Waals surface area contributed by atoms with Crippen LogP contribution in [0.25, 0.3) is 0 Å². The Morgan fingerprint density at radius 2 is 2.60 bits per heavy atom. The summed E-state index contributed by atoms with van der Waals surface area (Å²) in [6.07, 6.45) is 6.03. The third-order valence-corrected chi connectivity index (χ3v) is 2.16. The van der Waals surface area contributed by atoms with Crippen molar-refractivity contribution in [1.82, 2.24) is 0 Å². The molecule has 0 aromatic rings. The van der Waals surface area contributed by atoms with Crippen molar-refractivity contribution >= 4 is 0 Å². The molecule has 1 heterocycles.